The van der Waals surface area contributed by atoms with E-state index in [1.165, 1.54) is 5.82 Å². The third kappa shape index (κ3) is 5.25. The molecule has 3 nitrogen and oxygen atoms in total. The molecule has 3 rings (SSSR count). The average molecular weight is 371 g/mol. The standard InChI is InChI=1S/C20H16ClO3P/c21-18-13-11-17(12-14-18)15-16-25(22,23-19-7-3-1-4-8-19)24-20-9-5-2-6-10-20/h1-16H/b16-15-. The lowest BCUT2D eigenvalue weighted by molar-refractivity contribution is 0.398. The fourth-order valence-corrected chi connectivity index (χ4v) is 3.56. The Balaban J connectivity index is 1.87. The van der Waals surface area contributed by atoms with Crippen LogP contribution in [0.3, 0.4) is 0 Å². The lowest BCUT2D eigenvalue weighted by atomic mass is 10.2. The van der Waals surface area contributed by atoms with Crippen LogP contribution in [0.5, 0.6) is 11.5 Å². The minimum absolute atomic E-state index is 0.475. The van der Waals surface area contributed by atoms with Crippen molar-refractivity contribution in [2.45, 2.75) is 0 Å². The molecule has 126 valence electrons. The van der Waals surface area contributed by atoms with Gasteiger partial charge in [-0.3, -0.25) is 0 Å². The van der Waals surface area contributed by atoms with E-state index >= 15 is 0 Å². The summed E-state index contributed by atoms with van der Waals surface area (Å²) in [5, 5.41) is 0.640. The summed E-state index contributed by atoms with van der Waals surface area (Å²) in [6.07, 6.45) is 1.70. The minimum Gasteiger partial charge on any atom is -0.413 e. The lowest BCUT2D eigenvalue weighted by Gasteiger charge is -2.17. The molecule has 0 atom stereocenters. The molecule has 0 bridgehead atoms. The molecule has 25 heavy (non-hydrogen) atoms. The molecule has 0 spiro atoms. The molecule has 0 saturated carbocycles. The van der Waals surface area contributed by atoms with Crippen molar-refractivity contribution in [3.8, 4) is 11.5 Å². The van der Waals surface area contributed by atoms with Crippen LogP contribution in [0.15, 0.2) is 90.7 Å². The Kier molecular flexibility index (Phi) is 5.60. The van der Waals surface area contributed by atoms with Crippen molar-refractivity contribution in [2.24, 2.45) is 0 Å². The zero-order valence-electron chi connectivity index (χ0n) is 13.3. The summed E-state index contributed by atoms with van der Waals surface area (Å²) in [5.41, 5.74) is 0.845. The second-order valence-electron chi connectivity index (χ2n) is 5.22. The zero-order chi connectivity index (χ0) is 17.5. The molecule has 0 saturated heterocycles. The Hall–Kier alpha value is -2.48. The van der Waals surface area contributed by atoms with Gasteiger partial charge in [-0.15, -0.1) is 0 Å². The van der Waals surface area contributed by atoms with E-state index in [4.69, 9.17) is 20.6 Å². The molecule has 0 aliphatic carbocycles. The van der Waals surface area contributed by atoms with E-state index in [2.05, 4.69) is 0 Å². The number of para-hydroxylation sites is 2. The summed E-state index contributed by atoms with van der Waals surface area (Å²) in [6, 6.07) is 25.1. The second kappa shape index (κ2) is 8.06. The first-order valence-electron chi connectivity index (χ1n) is 7.67. The first-order valence-corrected chi connectivity index (χ1v) is 9.66. The van der Waals surface area contributed by atoms with Crippen molar-refractivity contribution in [3.05, 3.63) is 101 Å². The molecule has 3 aromatic rings. The highest BCUT2D eigenvalue weighted by atomic mass is 35.5. The number of halogens is 1. The number of benzene rings is 3. The molecule has 0 aliphatic rings. The highest BCUT2D eigenvalue weighted by Gasteiger charge is 2.24. The SMILES string of the molecule is O=P(/C=C\c1ccc(Cl)cc1)(Oc1ccccc1)Oc1ccccc1. The van der Waals surface area contributed by atoms with Crippen molar-refractivity contribution >= 4 is 25.3 Å². The van der Waals surface area contributed by atoms with E-state index in [1.807, 2.05) is 48.5 Å². The Bertz CT molecular complexity index is 832. The van der Waals surface area contributed by atoms with Crippen molar-refractivity contribution in [1.82, 2.24) is 0 Å². The highest BCUT2D eigenvalue weighted by Crippen LogP contribution is 2.50. The molecular weight excluding hydrogens is 355 g/mol. The first-order chi connectivity index (χ1) is 12.1. The molecule has 0 heterocycles. The maximum atomic E-state index is 13.2. The first kappa shape index (κ1) is 17.3. The van der Waals surface area contributed by atoms with Crippen LogP contribution in [0, 0.1) is 0 Å². The van der Waals surface area contributed by atoms with Gasteiger partial charge in [-0.1, -0.05) is 60.1 Å². The van der Waals surface area contributed by atoms with Gasteiger partial charge in [0.25, 0.3) is 0 Å². The molecule has 0 aromatic heterocycles. The van der Waals surface area contributed by atoms with Gasteiger partial charge in [0, 0.05) is 5.02 Å². The Labute approximate surface area is 152 Å². The normalized spacial score (nSPS) is 11.4. The second-order valence-corrected chi connectivity index (χ2v) is 7.40. The monoisotopic (exact) mass is 370 g/mol. The van der Waals surface area contributed by atoms with E-state index in [1.54, 1.807) is 42.5 Å². The summed E-state index contributed by atoms with van der Waals surface area (Å²) in [6.45, 7) is 0. The Morgan fingerprint density at radius 3 is 1.68 bits per heavy atom. The maximum absolute atomic E-state index is 13.2. The van der Waals surface area contributed by atoms with Crippen molar-refractivity contribution in [2.75, 3.05) is 0 Å². The Morgan fingerprint density at radius 1 is 0.720 bits per heavy atom. The van der Waals surface area contributed by atoms with Gasteiger partial charge in [0.2, 0.25) is 0 Å². The lowest BCUT2D eigenvalue weighted by Crippen LogP contribution is -1.98. The minimum atomic E-state index is -3.55. The molecule has 5 heteroatoms. The van der Waals surface area contributed by atoms with Crippen LogP contribution in [0.2, 0.25) is 5.02 Å². The van der Waals surface area contributed by atoms with Crippen LogP contribution in [-0.2, 0) is 4.57 Å². The molecular formula is C20H16ClO3P. The average Bonchev–Trinajstić information content (AvgIpc) is 2.63. The third-order valence-corrected chi connectivity index (χ3v) is 4.97. The fourth-order valence-electron chi connectivity index (χ4n) is 2.09. The topological polar surface area (TPSA) is 35.5 Å². The predicted octanol–water partition coefficient (Wildman–Crippen LogP) is 6.66. The largest absolute Gasteiger partial charge is 0.455 e. The van der Waals surface area contributed by atoms with Crippen molar-refractivity contribution in [3.63, 3.8) is 0 Å². The molecule has 0 aliphatic heterocycles. The van der Waals surface area contributed by atoms with Crippen molar-refractivity contribution < 1.29 is 13.6 Å². The van der Waals surface area contributed by atoms with Gasteiger partial charge in [-0.2, -0.15) is 0 Å². The van der Waals surface area contributed by atoms with Crippen LogP contribution in [0.25, 0.3) is 6.08 Å². The molecule has 0 N–H and O–H groups in total. The Morgan fingerprint density at radius 2 is 1.20 bits per heavy atom. The van der Waals surface area contributed by atoms with E-state index < -0.39 is 7.60 Å². The molecule has 3 aromatic carbocycles. The van der Waals surface area contributed by atoms with E-state index in [9.17, 15) is 4.57 Å². The quantitative estimate of drug-likeness (QED) is 0.455. The van der Waals surface area contributed by atoms with Crippen LogP contribution in [-0.4, -0.2) is 0 Å². The maximum Gasteiger partial charge on any atom is 0.455 e. The van der Waals surface area contributed by atoms with Gasteiger partial charge in [-0.05, 0) is 48.0 Å². The van der Waals surface area contributed by atoms with Crippen LogP contribution < -0.4 is 9.05 Å². The van der Waals surface area contributed by atoms with Crippen LogP contribution in [0.4, 0.5) is 0 Å². The van der Waals surface area contributed by atoms with Gasteiger partial charge >= 0.3 is 7.60 Å². The zero-order valence-corrected chi connectivity index (χ0v) is 14.9. The van der Waals surface area contributed by atoms with Crippen molar-refractivity contribution in [1.29, 1.82) is 0 Å². The van der Waals surface area contributed by atoms with Gasteiger partial charge in [0.1, 0.15) is 11.5 Å². The van der Waals surface area contributed by atoms with E-state index in [0.29, 0.717) is 16.5 Å². The molecule has 0 unspecified atom stereocenters. The van der Waals surface area contributed by atoms with E-state index in [-0.39, 0.29) is 0 Å². The van der Waals surface area contributed by atoms with Gasteiger partial charge in [0.05, 0.1) is 5.82 Å². The summed E-state index contributed by atoms with van der Waals surface area (Å²) in [4.78, 5) is 0. The molecule has 0 radical (unpaired) electrons. The fraction of sp³-hybridized carbons (Fsp3) is 0. The van der Waals surface area contributed by atoms with Gasteiger partial charge in [-0.25, -0.2) is 4.57 Å². The molecule has 0 amide bonds. The van der Waals surface area contributed by atoms with E-state index in [0.717, 1.165) is 5.56 Å². The number of hydrogen-bond acceptors (Lipinski definition) is 3. The predicted molar refractivity (Wildman–Crippen MR) is 102 cm³/mol. The van der Waals surface area contributed by atoms with Crippen LogP contribution >= 0.6 is 19.2 Å². The van der Waals surface area contributed by atoms with Gasteiger partial charge < -0.3 is 9.05 Å². The number of rotatable bonds is 6. The summed E-state index contributed by atoms with van der Waals surface area (Å²) in [7, 11) is -3.55. The summed E-state index contributed by atoms with van der Waals surface area (Å²) in [5.74, 6) is 2.40. The van der Waals surface area contributed by atoms with Crippen LogP contribution in [0.1, 0.15) is 5.56 Å². The highest BCUT2D eigenvalue weighted by molar-refractivity contribution is 7.58. The molecule has 0 fully saturated rings. The van der Waals surface area contributed by atoms with Gasteiger partial charge in [0.15, 0.2) is 0 Å². The third-order valence-electron chi connectivity index (χ3n) is 3.27. The number of hydrogen-bond donors (Lipinski definition) is 0. The smallest absolute Gasteiger partial charge is 0.413 e. The summed E-state index contributed by atoms with van der Waals surface area (Å²) < 4.78 is 24.6. The summed E-state index contributed by atoms with van der Waals surface area (Å²) >= 11 is 5.89.